The molecule has 140 valence electrons. The van der Waals surface area contributed by atoms with E-state index in [2.05, 4.69) is 34.0 Å². The molecule has 1 heterocycles. The topological polar surface area (TPSA) is 64.0 Å². The molecule has 1 aliphatic rings. The van der Waals surface area contributed by atoms with Crippen molar-refractivity contribution in [2.75, 3.05) is 7.05 Å². The Morgan fingerprint density at radius 1 is 1.15 bits per heavy atom. The van der Waals surface area contributed by atoms with Gasteiger partial charge in [-0.05, 0) is 55.1 Å². The molecule has 5 nitrogen and oxygen atoms in total. The van der Waals surface area contributed by atoms with Crippen molar-refractivity contribution in [3.05, 3.63) is 71.7 Å². The van der Waals surface area contributed by atoms with Crippen LogP contribution in [-0.4, -0.2) is 25.0 Å². The molecule has 1 N–H and O–H groups in total. The molecule has 1 atom stereocenters. The van der Waals surface area contributed by atoms with Crippen LogP contribution in [0.3, 0.4) is 0 Å². The molecule has 27 heavy (non-hydrogen) atoms. The van der Waals surface area contributed by atoms with Crippen molar-refractivity contribution < 1.29 is 8.42 Å². The summed E-state index contributed by atoms with van der Waals surface area (Å²) in [5.74, 6) is 0.248. The minimum absolute atomic E-state index is 0.248. The van der Waals surface area contributed by atoms with Crippen LogP contribution < -0.4 is 4.72 Å². The monoisotopic (exact) mass is 381 g/mol. The lowest BCUT2D eigenvalue weighted by Crippen LogP contribution is -2.19. The van der Waals surface area contributed by atoms with E-state index in [1.165, 1.54) is 18.2 Å². The van der Waals surface area contributed by atoms with Crippen LogP contribution in [0.15, 0.2) is 59.9 Å². The molecule has 0 spiro atoms. The summed E-state index contributed by atoms with van der Waals surface area (Å²) in [5.41, 5.74) is 5.53. The Labute approximate surface area is 160 Å². The Hall–Kier alpha value is -2.44. The molecule has 0 fully saturated rings. The highest BCUT2D eigenvalue weighted by Crippen LogP contribution is 2.41. The van der Waals surface area contributed by atoms with Gasteiger partial charge in [0.2, 0.25) is 10.0 Å². The fraction of sp³-hybridized carbons (Fsp3) is 0.286. The second kappa shape index (κ2) is 6.94. The highest BCUT2D eigenvalue weighted by Gasteiger charge is 2.26. The molecule has 0 saturated heterocycles. The number of hydrogen-bond donors (Lipinski definition) is 1. The molecule has 0 unspecified atom stereocenters. The third-order valence-corrected chi connectivity index (χ3v) is 6.74. The van der Waals surface area contributed by atoms with Gasteiger partial charge >= 0.3 is 0 Å². The third-order valence-electron chi connectivity index (χ3n) is 5.33. The van der Waals surface area contributed by atoms with E-state index in [1.54, 1.807) is 18.5 Å². The van der Waals surface area contributed by atoms with Crippen LogP contribution in [0.2, 0.25) is 0 Å². The number of benzene rings is 2. The lowest BCUT2D eigenvalue weighted by atomic mass is 9.77. The minimum atomic E-state index is -3.51. The van der Waals surface area contributed by atoms with Crippen LogP contribution in [0.25, 0.3) is 11.3 Å². The summed E-state index contributed by atoms with van der Waals surface area (Å²) >= 11 is 0. The normalized spacial score (nSPS) is 16.9. The molecule has 0 aliphatic heterocycles. The average Bonchev–Trinajstić information content (AvgIpc) is 3.13. The number of hydrogen-bond acceptors (Lipinski definition) is 3. The largest absolute Gasteiger partial charge is 0.340 e. The number of sulfonamides is 1. The predicted octanol–water partition coefficient (Wildman–Crippen LogP) is 3.46. The maximum absolute atomic E-state index is 12.3. The van der Waals surface area contributed by atoms with Gasteiger partial charge in [-0.1, -0.05) is 30.3 Å². The van der Waals surface area contributed by atoms with E-state index in [4.69, 9.17) is 0 Å². The highest BCUT2D eigenvalue weighted by atomic mass is 32.2. The molecule has 0 amide bonds. The lowest BCUT2D eigenvalue weighted by Gasteiger charge is -2.27. The molecule has 1 aromatic heterocycles. The molecule has 6 heteroatoms. The van der Waals surface area contributed by atoms with Gasteiger partial charge in [-0.25, -0.2) is 18.1 Å². The van der Waals surface area contributed by atoms with Gasteiger partial charge in [-0.15, -0.1) is 0 Å². The maximum atomic E-state index is 12.3. The van der Waals surface area contributed by atoms with E-state index in [1.807, 2.05) is 23.9 Å². The number of rotatable bonds is 4. The lowest BCUT2D eigenvalue weighted by molar-refractivity contribution is 0.588. The summed E-state index contributed by atoms with van der Waals surface area (Å²) in [4.78, 5) is 4.76. The third kappa shape index (κ3) is 3.31. The summed E-state index contributed by atoms with van der Waals surface area (Å²) in [5, 5.41) is 0. The Bertz CT molecular complexity index is 1090. The Kier molecular flexibility index (Phi) is 4.61. The van der Waals surface area contributed by atoms with Crippen molar-refractivity contribution in [1.29, 1.82) is 0 Å². The standard InChI is InChI=1S/C21H23N3O2S/c1-22-27(25,26)16-10-11-19(20(12-16)21-13-24(2)14-23-21)18-9-5-7-15-6-3-4-8-17(15)18/h3-4,6,8,10-14,18,22H,5,7,9H2,1-2H3/t18-/m0/s1. The molecule has 4 rings (SSSR count). The number of aryl methyl sites for hydroxylation is 2. The van der Waals surface area contributed by atoms with Gasteiger partial charge in [0.05, 0.1) is 16.9 Å². The van der Waals surface area contributed by atoms with Crippen LogP contribution in [-0.2, 0) is 23.5 Å². The Morgan fingerprint density at radius 2 is 1.96 bits per heavy atom. The van der Waals surface area contributed by atoms with Gasteiger partial charge in [0.1, 0.15) is 0 Å². The van der Waals surface area contributed by atoms with E-state index in [-0.39, 0.29) is 10.8 Å². The van der Waals surface area contributed by atoms with Crippen LogP contribution >= 0.6 is 0 Å². The molecule has 3 aromatic rings. The van der Waals surface area contributed by atoms with E-state index in [9.17, 15) is 8.42 Å². The van der Waals surface area contributed by atoms with Crippen LogP contribution in [0.4, 0.5) is 0 Å². The van der Waals surface area contributed by atoms with Gasteiger partial charge in [0.25, 0.3) is 0 Å². The van der Waals surface area contributed by atoms with E-state index < -0.39 is 10.0 Å². The summed E-state index contributed by atoms with van der Waals surface area (Å²) < 4.78 is 29.0. The number of fused-ring (bicyclic) bond motifs is 1. The van der Waals surface area contributed by atoms with E-state index in [0.29, 0.717) is 0 Å². The number of nitrogens with one attached hydrogen (secondary N) is 1. The van der Waals surface area contributed by atoms with Crippen LogP contribution in [0.1, 0.15) is 35.4 Å². The Balaban J connectivity index is 1.91. The molecular weight excluding hydrogens is 358 g/mol. The van der Waals surface area contributed by atoms with E-state index in [0.717, 1.165) is 36.1 Å². The predicted molar refractivity (Wildman–Crippen MR) is 106 cm³/mol. The smallest absolute Gasteiger partial charge is 0.240 e. The highest BCUT2D eigenvalue weighted by molar-refractivity contribution is 7.89. The minimum Gasteiger partial charge on any atom is -0.340 e. The van der Waals surface area contributed by atoms with E-state index >= 15 is 0 Å². The zero-order valence-corrected chi connectivity index (χ0v) is 16.3. The first-order chi connectivity index (χ1) is 13.0. The van der Waals surface area contributed by atoms with Gasteiger partial charge in [-0.3, -0.25) is 0 Å². The van der Waals surface area contributed by atoms with Crippen molar-refractivity contribution in [2.45, 2.75) is 30.1 Å². The SMILES string of the molecule is CNS(=O)(=O)c1ccc([C@H]2CCCc3ccccc32)c(-c2cn(C)cn2)c1. The fourth-order valence-corrected chi connectivity index (χ4v) is 4.73. The first kappa shape index (κ1) is 17.9. The van der Waals surface area contributed by atoms with Gasteiger partial charge in [-0.2, -0.15) is 0 Å². The van der Waals surface area contributed by atoms with Crippen molar-refractivity contribution in [1.82, 2.24) is 14.3 Å². The first-order valence-corrected chi connectivity index (χ1v) is 10.6. The number of nitrogens with zero attached hydrogens (tertiary/aromatic N) is 2. The number of imidazole rings is 1. The van der Waals surface area contributed by atoms with Gasteiger partial charge in [0.15, 0.2) is 0 Å². The Morgan fingerprint density at radius 3 is 2.70 bits per heavy atom. The molecule has 0 saturated carbocycles. The van der Waals surface area contributed by atoms with Gasteiger partial charge < -0.3 is 4.57 Å². The molecule has 0 radical (unpaired) electrons. The summed E-state index contributed by atoms with van der Waals surface area (Å²) in [6, 6.07) is 14.0. The molecule has 0 bridgehead atoms. The fourth-order valence-electron chi connectivity index (χ4n) is 3.97. The second-order valence-corrected chi connectivity index (χ2v) is 8.91. The zero-order chi connectivity index (χ0) is 19.0. The van der Waals surface area contributed by atoms with Crippen LogP contribution in [0, 0.1) is 0 Å². The molecular formula is C21H23N3O2S. The quantitative estimate of drug-likeness (QED) is 0.753. The average molecular weight is 382 g/mol. The van der Waals surface area contributed by atoms with Gasteiger partial charge in [0, 0.05) is 24.7 Å². The summed E-state index contributed by atoms with van der Waals surface area (Å²) in [7, 11) is -0.166. The first-order valence-electron chi connectivity index (χ1n) is 9.13. The summed E-state index contributed by atoms with van der Waals surface area (Å²) in [6.07, 6.45) is 6.95. The second-order valence-electron chi connectivity index (χ2n) is 7.02. The van der Waals surface area contributed by atoms with Crippen molar-refractivity contribution in [3.63, 3.8) is 0 Å². The maximum Gasteiger partial charge on any atom is 0.240 e. The van der Waals surface area contributed by atoms with Crippen molar-refractivity contribution >= 4 is 10.0 Å². The zero-order valence-electron chi connectivity index (χ0n) is 15.5. The number of aromatic nitrogens is 2. The van der Waals surface area contributed by atoms with Crippen LogP contribution in [0.5, 0.6) is 0 Å². The summed E-state index contributed by atoms with van der Waals surface area (Å²) in [6.45, 7) is 0. The van der Waals surface area contributed by atoms with Crippen molar-refractivity contribution in [3.8, 4) is 11.3 Å². The van der Waals surface area contributed by atoms with Crippen molar-refractivity contribution in [2.24, 2.45) is 7.05 Å². The molecule has 2 aromatic carbocycles. The molecule has 1 aliphatic carbocycles.